The topological polar surface area (TPSA) is 39.1 Å². The first-order valence-electron chi connectivity index (χ1n) is 8.08. The van der Waals surface area contributed by atoms with E-state index in [2.05, 4.69) is 28.0 Å². The highest BCUT2D eigenvalue weighted by Gasteiger charge is 2.44. The van der Waals surface area contributed by atoms with Crippen molar-refractivity contribution in [1.82, 2.24) is 14.9 Å². The van der Waals surface area contributed by atoms with Crippen LogP contribution in [0.4, 0.5) is 0 Å². The number of aryl methyl sites for hydroxylation is 1. The average Bonchev–Trinajstić information content (AvgIpc) is 2.84. The van der Waals surface area contributed by atoms with Crippen LogP contribution < -0.4 is 5.32 Å². The van der Waals surface area contributed by atoms with Crippen molar-refractivity contribution in [3.63, 3.8) is 0 Å². The molecule has 1 saturated carbocycles. The lowest BCUT2D eigenvalue weighted by Crippen LogP contribution is -2.48. The molecule has 1 aliphatic carbocycles. The minimum atomic E-state index is 0.212. The molecular weight excluding hydrogens is 250 g/mol. The second-order valence-corrected chi connectivity index (χ2v) is 6.53. The number of hydrogen-bond donors (Lipinski definition) is 1. The third-order valence-corrected chi connectivity index (χ3v) is 4.93. The molecule has 112 valence electrons. The van der Waals surface area contributed by atoms with Gasteiger partial charge in [0.05, 0.1) is 23.7 Å². The van der Waals surface area contributed by atoms with Gasteiger partial charge in [-0.3, -0.25) is 0 Å². The van der Waals surface area contributed by atoms with Crippen LogP contribution in [0.5, 0.6) is 0 Å². The van der Waals surface area contributed by atoms with Gasteiger partial charge in [-0.1, -0.05) is 6.92 Å². The smallest absolute Gasteiger partial charge is 0.0947 e. The zero-order valence-corrected chi connectivity index (χ0v) is 12.8. The minimum Gasteiger partial charge on any atom is -0.375 e. The van der Waals surface area contributed by atoms with Gasteiger partial charge in [-0.25, -0.2) is 4.98 Å². The largest absolute Gasteiger partial charge is 0.375 e. The Balaban J connectivity index is 1.74. The average molecular weight is 277 g/mol. The fourth-order valence-corrected chi connectivity index (χ4v) is 3.68. The lowest BCUT2D eigenvalue weighted by atomic mass is 9.70. The predicted molar refractivity (Wildman–Crippen MR) is 79.5 cm³/mol. The summed E-state index contributed by atoms with van der Waals surface area (Å²) in [5.74, 6) is 0.658. The molecule has 1 aromatic rings. The Morgan fingerprint density at radius 1 is 1.55 bits per heavy atom. The highest BCUT2D eigenvalue weighted by atomic mass is 16.5. The van der Waals surface area contributed by atoms with Gasteiger partial charge >= 0.3 is 0 Å². The van der Waals surface area contributed by atoms with Gasteiger partial charge in [0.2, 0.25) is 0 Å². The molecule has 2 fully saturated rings. The van der Waals surface area contributed by atoms with Crippen LogP contribution in [0.25, 0.3) is 0 Å². The third-order valence-electron chi connectivity index (χ3n) is 4.93. The fraction of sp³-hybridized carbons (Fsp3) is 0.812. The number of rotatable bonds is 5. The van der Waals surface area contributed by atoms with Gasteiger partial charge in [0.25, 0.3) is 0 Å². The number of ether oxygens (including phenoxy) is 1. The zero-order chi connectivity index (χ0) is 14.0. The standard InChI is InChI=1S/C16H27N3O/c1-3-8-17-15(14-11-19(2)12-18-14)13-5-9-20-16(10-13)6-4-7-16/h11-13,15,17H,3-10H2,1-2H3. The molecule has 4 nitrogen and oxygen atoms in total. The van der Waals surface area contributed by atoms with Gasteiger partial charge in [0.1, 0.15) is 0 Å². The van der Waals surface area contributed by atoms with E-state index in [0.717, 1.165) is 26.0 Å². The Morgan fingerprint density at radius 2 is 2.40 bits per heavy atom. The number of aromatic nitrogens is 2. The summed E-state index contributed by atoms with van der Waals surface area (Å²) in [6.07, 6.45) is 11.4. The highest BCUT2D eigenvalue weighted by molar-refractivity contribution is 5.08. The first kappa shape index (κ1) is 14.1. The maximum atomic E-state index is 6.07. The Hall–Kier alpha value is -0.870. The summed E-state index contributed by atoms with van der Waals surface area (Å²) in [5.41, 5.74) is 1.41. The second kappa shape index (κ2) is 5.86. The molecule has 20 heavy (non-hydrogen) atoms. The molecule has 1 aliphatic heterocycles. The third kappa shape index (κ3) is 2.77. The first-order chi connectivity index (χ1) is 9.72. The quantitative estimate of drug-likeness (QED) is 0.899. The van der Waals surface area contributed by atoms with Crippen LogP contribution in [-0.4, -0.2) is 28.3 Å². The molecule has 0 amide bonds. The van der Waals surface area contributed by atoms with Crippen molar-refractivity contribution in [2.24, 2.45) is 13.0 Å². The number of nitrogens with zero attached hydrogens (tertiary/aromatic N) is 2. The minimum absolute atomic E-state index is 0.212. The van der Waals surface area contributed by atoms with Crippen LogP contribution >= 0.6 is 0 Å². The zero-order valence-electron chi connectivity index (χ0n) is 12.8. The van der Waals surface area contributed by atoms with Crippen LogP contribution in [0.2, 0.25) is 0 Å². The molecule has 0 aromatic carbocycles. The predicted octanol–water partition coefficient (Wildman–Crippen LogP) is 2.81. The molecule has 0 radical (unpaired) electrons. The molecule has 2 atom stereocenters. The van der Waals surface area contributed by atoms with Crippen molar-refractivity contribution < 1.29 is 4.74 Å². The van der Waals surface area contributed by atoms with Crippen molar-refractivity contribution in [2.45, 2.75) is 57.1 Å². The highest BCUT2D eigenvalue weighted by Crippen LogP contribution is 2.46. The SMILES string of the molecule is CCCNC(c1cn(C)cn1)C1CCOC2(CCC2)C1. The summed E-state index contributed by atoms with van der Waals surface area (Å²) in [6, 6.07) is 0.387. The normalized spacial score (nSPS) is 26.4. The fourth-order valence-electron chi connectivity index (χ4n) is 3.68. The molecule has 1 saturated heterocycles. The van der Waals surface area contributed by atoms with E-state index in [1.165, 1.54) is 31.4 Å². The van der Waals surface area contributed by atoms with Gasteiger partial charge < -0.3 is 14.6 Å². The molecular formula is C16H27N3O. The second-order valence-electron chi connectivity index (χ2n) is 6.53. The van der Waals surface area contributed by atoms with Crippen molar-refractivity contribution in [3.8, 4) is 0 Å². The maximum Gasteiger partial charge on any atom is 0.0947 e. The number of nitrogens with one attached hydrogen (secondary N) is 1. The van der Waals surface area contributed by atoms with Gasteiger partial charge in [-0.2, -0.15) is 0 Å². The van der Waals surface area contributed by atoms with Crippen molar-refractivity contribution in [1.29, 1.82) is 0 Å². The molecule has 1 N–H and O–H groups in total. The van der Waals surface area contributed by atoms with Crippen LogP contribution in [0, 0.1) is 5.92 Å². The van der Waals surface area contributed by atoms with Gasteiger partial charge in [-0.05, 0) is 51.0 Å². The van der Waals surface area contributed by atoms with Crippen molar-refractivity contribution >= 4 is 0 Å². The van der Waals surface area contributed by atoms with Crippen LogP contribution in [-0.2, 0) is 11.8 Å². The Kier molecular flexibility index (Phi) is 4.13. The van der Waals surface area contributed by atoms with Crippen LogP contribution in [0.15, 0.2) is 12.5 Å². The molecule has 2 unspecified atom stereocenters. The summed E-state index contributed by atoms with van der Waals surface area (Å²) in [4.78, 5) is 4.60. The van der Waals surface area contributed by atoms with E-state index in [9.17, 15) is 0 Å². The van der Waals surface area contributed by atoms with Gasteiger partial charge in [0, 0.05) is 19.9 Å². The van der Waals surface area contributed by atoms with E-state index in [1.54, 1.807) is 0 Å². The Morgan fingerprint density at radius 3 is 3.00 bits per heavy atom. The van der Waals surface area contributed by atoms with E-state index in [-0.39, 0.29) is 5.60 Å². The van der Waals surface area contributed by atoms with Crippen molar-refractivity contribution in [2.75, 3.05) is 13.2 Å². The van der Waals surface area contributed by atoms with E-state index >= 15 is 0 Å². The molecule has 1 aromatic heterocycles. The van der Waals surface area contributed by atoms with Crippen LogP contribution in [0.1, 0.15) is 57.2 Å². The summed E-state index contributed by atoms with van der Waals surface area (Å²) < 4.78 is 8.12. The van der Waals surface area contributed by atoms with Gasteiger partial charge in [-0.15, -0.1) is 0 Å². The van der Waals surface area contributed by atoms with E-state index < -0.39 is 0 Å². The molecule has 2 aliphatic rings. The number of hydrogen-bond acceptors (Lipinski definition) is 3. The monoisotopic (exact) mass is 277 g/mol. The lowest BCUT2D eigenvalue weighted by Gasteiger charge is -2.48. The Labute approximate surface area is 121 Å². The molecule has 2 heterocycles. The van der Waals surface area contributed by atoms with E-state index in [4.69, 9.17) is 4.74 Å². The first-order valence-corrected chi connectivity index (χ1v) is 8.08. The summed E-state index contributed by atoms with van der Waals surface area (Å²) >= 11 is 0. The summed E-state index contributed by atoms with van der Waals surface area (Å²) in [6.45, 7) is 4.20. The molecule has 4 heteroatoms. The van der Waals surface area contributed by atoms with E-state index in [1.807, 2.05) is 13.4 Å². The Bertz CT molecular complexity index is 439. The van der Waals surface area contributed by atoms with Crippen molar-refractivity contribution in [3.05, 3.63) is 18.2 Å². The molecule has 1 spiro atoms. The van der Waals surface area contributed by atoms with Crippen LogP contribution in [0.3, 0.4) is 0 Å². The summed E-state index contributed by atoms with van der Waals surface area (Å²) in [5, 5.41) is 3.72. The van der Waals surface area contributed by atoms with Gasteiger partial charge in [0.15, 0.2) is 0 Å². The summed E-state index contributed by atoms with van der Waals surface area (Å²) in [7, 11) is 2.05. The lowest BCUT2D eigenvalue weighted by molar-refractivity contribution is -0.147. The molecule has 3 rings (SSSR count). The number of imidazole rings is 1. The molecule has 0 bridgehead atoms. The van der Waals surface area contributed by atoms with E-state index in [0.29, 0.717) is 12.0 Å². The maximum absolute atomic E-state index is 6.07.